The van der Waals surface area contributed by atoms with Gasteiger partial charge in [-0.25, -0.2) is 0 Å². The van der Waals surface area contributed by atoms with E-state index in [0.717, 1.165) is 24.5 Å². The second-order valence-corrected chi connectivity index (χ2v) is 6.23. The first kappa shape index (κ1) is 23.2. The minimum atomic E-state index is 0. The quantitative estimate of drug-likeness (QED) is 0.332. The van der Waals surface area contributed by atoms with Gasteiger partial charge in [-0.05, 0) is 49.8 Å². The van der Waals surface area contributed by atoms with Crippen LogP contribution in [0.3, 0.4) is 0 Å². The van der Waals surface area contributed by atoms with Crippen molar-refractivity contribution in [1.29, 1.82) is 0 Å². The number of aryl methyl sites for hydroxylation is 1. The van der Waals surface area contributed by atoms with Crippen molar-refractivity contribution in [2.45, 2.75) is 26.8 Å². The van der Waals surface area contributed by atoms with E-state index in [9.17, 15) is 0 Å². The number of benzene rings is 2. The van der Waals surface area contributed by atoms with Crippen molar-refractivity contribution in [3.63, 3.8) is 0 Å². The maximum atomic E-state index is 6.10. The summed E-state index contributed by atoms with van der Waals surface area (Å²) < 4.78 is 5.37. The number of guanidine groups is 1. The lowest BCUT2D eigenvalue weighted by atomic mass is 10.0. The van der Waals surface area contributed by atoms with Crippen LogP contribution in [0.1, 0.15) is 31.0 Å². The zero-order valence-electron chi connectivity index (χ0n) is 16.6. The molecular formula is C21H31IN4O. The highest BCUT2D eigenvalue weighted by Gasteiger charge is 2.18. The molecule has 5 nitrogen and oxygen atoms in total. The van der Waals surface area contributed by atoms with Gasteiger partial charge in [0.2, 0.25) is 0 Å². The number of aliphatic imine (C=N–C) groups is 1. The summed E-state index contributed by atoms with van der Waals surface area (Å²) in [6.45, 7) is 8.85. The van der Waals surface area contributed by atoms with Gasteiger partial charge in [-0.3, -0.25) is 9.89 Å². The standard InChI is InChI=1S/C21H30N4O.HI/c1-5-25(6-2)20(17-8-7-9-19(14-17)26-4)15-23-21(22)24-18-12-10-16(3)11-13-18;/h7-14,20H,5-6,15H2,1-4H3,(H3,22,23,24);1H. The number of nitrogens with two attached hydrogens (primary N) is 1. The first-order valence-corrected chi connectivity index (χ1v) is 9.09. The highest BCUT2D eigenvalue weighted by Crippen LogP contribution is 2.24. The van der Waals surface area contributed by atoms with Crippen LogP contribution in [-0.2, 0) is 0 Å². The molecule has 148 valence electrons. The van der Waals surface area contributed by atoms with E-state index in [1.165, 1.54) is 11.1 Å². The van der Waals surface area contributed by atoms with Crippen LogP contribution in [0.5, 0.6) is 5.75 Å². The lowest BCUT2D eigenvalue weighted by Gasteiger charge is -2.29. The molecule has 3 N–H and O–H groups in total. The van der Waals surface area contributed by atoms with E-state index in [4.69, 9.17) is 10.5 Å². The molecule has 0 heterocycles. The second-order valence-electron chi connectivity index (χ2n) is 6.23. The fourth-order valence-corrected chi connectivity index (χ4v) is 2.95. The van der Waals surface area contributed by atoms with Crippen LogP contribution in [0.4, 0.5) is 5.69 Å². The SMILES string of the molecule is CCN(CC)C(CN=C(N)Nc1ccc(C)cc1)c1cccc(OC)c1.I. The molecule has 1 atom stereocenters. The molecule has 0 aliphatic heterocycles. The molecule has 0 saturated heterocycles. The number of methoxy groups -OCH3 is 1. The fraction of sp³-hybridized carbons (Fsp3) is 0.381. The Labute approximate surface area is 180 Å². The Bertz CT molecular complexity index is 714. The predicted molar refractivity (Wildman–Crippen MR) is 125 cm³/mol. The molecule has 0 saturated carbocycles. The van der Waals surface area contributed by atoms with Crippen LogP contribution in [0.15, 0.2) is 53.5 Å². The molecule has 0 fully saturated rings. The summed E-state index contributed by atoms with van der Waals surface area (Å²) in [7, 11) is 1.69. The monoisotopic (exact) mass is 482 g/mol. The van der Waals surface area contributed by atoms with Crippen molar-refractivity contribution >= 4 is 35.6 Å². The number of likely N-dealkylation sites (N-methyl/N-ethyl adjacent to an activating group) is 1. The van der Waals surface area contributed by atoms with Crippen LogP contribution in [0.2, 0.25) is 0 Å². The Morgan fingerprint density at radius 2 is 1.81 bits per heavy atom. The average molecular weight is 482 g/mol. The molecule has 0 radical (unpaired) electrons. The number of anilines is 1. The third-order valence-corrected chi connectivity index (χ3v) is 4.49. The van der Waals surface area contributed by atoms with Gasteiger partial charge in [-0.1, -0.05) is 43.7 Å². The van der Waals surface area contributed by atoms with Crippen molar-refractivity contribution in [2.75, 3.05) is 32.1 Å². The van der Waals surface area contributed by atoms with E-state index in [-0.39, 0.29) is 30.0 Å². The van der Waals surface area contributed by atoms with Crippen LogP contribution in [0.25, 0.3) is 0 Å². The van der Waals surface area contributed by atoms with Crippen LogP contribution >= 0.6 is 24.0 Å². The Morgan fingerprint density at radius 3 is 2.41 bits per heavy atom. The Hall–Kier alpha value is -1.80. The molecule has 1 unspecified atom stereocenters. The molecule has 2 aromatic rings. The van der Waals surface area contributed by atoms with Gasteiger partial charge in [0.05, 0.1) is 19.7 Å². The normalized spacial score (nSPS) is 12.4. The third-order valence-electron chi connectivity index (χ3n) is 4.49. The van der Waals surface area contributed by atoms with Gasteiger partial charge in [-0.2, -0.15) is 0 Å². The number of ether oxygens (including phenoxy) is 1. The van der Waals surface area contributed by atoms with E-state index < -0.39 is 0 Å². The lowest BCUT2D eigenvalue weighted by molar-refractivity contribution is 0.224. The molecular weight excluding hydrogens is 451 g/mol. The molecule has 2 aromatic carbocycles. The number of halogens is 1. The van der Waals surface area contributed by atoms with Crippen LogP contribution < -0.4 is 15.8 Å². The van der Waals surface area contributed by atoms with Gasteiger partial charge in [0.25, 0.3) is 0 Å². The number of hydrogen-bond acceptors (Lipinski definition) is 3. The third kappa shape index (κ3) is 7.03. The molecule has 0 spiro atoms. The highest BCUT2D eigenvalue weighted by molar-refractivity contribution is 14.0. The molecule has 0 aliphatic carbocycles. The minimum absolute atomic E-state index is 0. The fourth-order valence-electron chi connectivity index (χ4n) is 2.95. The van der Waals surface area contributed by atoms with Gasteiger partial charge >= 0.3 is 0 Å². The van der Waals surface area contributed by atoms with Crippen molar-refractivity contribution in [3.8, 4) is 5.75 Å². The Morgan fingerprint density at radius 1 is 1.15 bits per heavy atom. The smallest absolute Gasteiger partial charge is 0.193 e. The summed E-state index contributed by atoms with van der Waals surface area (Å²) in [5, 5.41) is 3.16. The summed E-state index contributed by atoms with van der Waals surface area (Å²) in [5.74, 6) is 1.28. The van der Waals surface area contributed by atoms with E-state index in [1.807, 2.05) is 36.4 Å². The topological polar surface area (TPSA) is 62.9 Å². The van der Waals surface area contributed by atoms with E-state index in [1.54, 1.807) is 7.11 Å². The van der Waals surface area contributed by atoms with Crippen molar-refractivity contribution in [3.05, 3.63) is 59.7 Å². The van der Waals surface area contributed by atoms with Gasteiger partial charge in [0.15, 0.2) is 5.96 Å². The number of hydrogen-bond donors (Lipinski definition) is 2. The van der Waals surface area contributed by atoms with E-state index in [2.05, 4.69) is 48.1 Å². The Kier molecular flexibility index (Phi) is 10.2. The zero-order chi connectivity index (χ0) is 18.9. The number of rotatable bonds is 8. The molecule has 27 heavy (non-hydrogen) atoms. The maximum Gasteiger partial charge on any atom is 0.193 e. The first-order chi connectivity index (χ1) is 12.6. The van der Waals surface area contributed by atoms with Gasteiger partial charge < -0.3 is 15.8 Å². The van der Waals surface area contributed by atoms with Crippen molar-refractivity contribution in [1.82, 2.24) is 4.90 Å². The summed E-state index contributed by atoms with van der Waals surface area (Å²) in [4.78, 5) is 6.96. The van der Waals surface area contributed by atoms with Gasteiger partial charge in [0.1, 0.15) is 5.75 Å². The lowest BCUT2D eigenvalue weighted by Crippen LogP contribution is -2.32. The number of nitrogens with zero attached hydrogens (tertiary/aromatic N) is 2. The van der Waals surface area contributed by atoms with Gasteiger partial charge in [0, 0.05) is 5.69 Å². The zero-order valence-corrected chi connectivity index (χ0v) is 18.9. The van der Waals surface area contributed by atoms with E-state index in [0.29, 0.717) is 12.5 Å². The van der Waals surface area contributed by atoms with Gasteiger partial charge in [-0.15, -0.1) is 24.0 Å². The average Bonchev–Trinajstić information content (AvgIpc) is 2.67. The summed E-state index contributed by atoms with van der Waals surface area (Å²) in [5.41, 5.74) is 9.44. The summed E-state index contributed by atoms with van der Waals surface area (Å²) in [6, 6.07) is 16.4. The number of nitrogens with one attached hydrogen (secondary N) is 1. The second kappa shape index (κ2) is 11.8. The van der Waals surface area contributed by atoms with E-state index >= 15 is 0 Å². The first-order valence-electron chi connectivity index (χ1n) is 9.09. The molecule has 0 bridgehead atoms. The van der Waals surface area contributed by atoms with Crippen molar-refractivity contribution < 1.29 is 4.74 Å². The Balaban J connectivity index is 0.00000364. The molecule has 0 aromatic heterocycles. The molecule has 6 heteroatoms. The highest BCUT2D eigenvalue weighted by atomic mass is 127. The predicted octanol–water partition coefficient (Wildman–Crippen LogP) is 4.43. The summed E-state index contributed by atoms with van der Waals surface area (Å²) in [6.07, 6.45) is 0. The summed E-state index contributed by atoms with van der Waals surface area (Å²) >= 11 is 0. The molecule has 0 amide bonds. The van der Waals surface area contributed by atoms with Crippen molar-refractivity contribution in [2.24, 2.45) is 10.7 Å². The molecule has 2 rings (SSSR count). The molecule has 0 aliphatic rings. The maximum absolute atomic E-state index is 6.10. The largest absolute Gasteiger partial charge is 0.497 e. The van der Waals surface area contributed by atoms with Crippen LogP contribution in [-0.4, -0.2) is 37.6 Å². The van der Waals surface area contributed by atoms with Crippen LogP contribution in [0, 0.1) is 6.92 Å². The minimum Gasteiger partial charge on any atom is -0.497 e.